The molecule has 1 fully saturated rings. The van der Waals surface area contributed by atoms with Crippen LogP contribution >= 0.6 is 11.6 Å². The highest BCUT2D eigenvalue weighted by Gasteiger charge is 2.49. The molecule has 1 aliphatic rings. The normalized spacial score (nSPS) is 23.0. The van der Waals surface area contributed by atoms with E-state index in [-0.39, 0.29) is 10.7 Å². The van der Waals surface area contributed by atoms with Gasteiger partial charge in [0, 0.05) is 5.02 Å². The summed E-state index contributed by atoms with van der Waals surface area (Å²) in [5.41, 5.74) is 0.583. The van der Waals surface area contributed by atoms with E-state index in [1.165, 1.54) is 12.1 Å². The maximum absolute atomic E-state index is 12.9. The van der Waals surface area contributed by atoms with Crippen LogP contribution in [0.3, 0.4) is 0 Å². The molecule has 0 bridgehead atoms. The Morgan fingerprint density at radius 3 is 2.04 bits per heavy atom. The topological polar surface area (TPSA) is 86.5 Å². The minimum absolute atomic E-state index is 0.00455. The molecule has 0 saturated carbocycles. The van der Waals surface area contributed by atoms with Gasteiger partial charge in [-0.3, -0.25) is 4.79 Å². The van der Waals surface area contributed by atoms with Crippen molar-refractivity contribution in [2.75, 3.05) is 0 Å². The van der Waals surface area contributed by atoms with E-state index in [2.05, 4.69) is 0 Å². The average molecular weight is 380 g/mol. The van der Waals surface area contributed by atoms with Gasteiger partial charge in [0.2, 0.25) is 10.0 Å². The largest absolute Gasteiger partial charge is 0.359 e. The lowest BCUT2D eigenvalue weighted by atomic mass is 9.84. The van der Waals surface area contributed by atoms with Crippen LogP contribution in [0.1, 0.15) is 37.0 Å². The Morgan fingerprint density at radius 1 is 1.00 bits per heavy atom. The van der Waals surface area contributed by atoms with Crippen molar-refractivity contribution in [2.24, 2.45) is 5.14 Å². The molecule has 0 radical (unpaired) electrons. The fraction of sp³-hybridized carbons (Fsp3) is 0.278. The maximum Gasteiger partial charge on any atom is 0.238 e. The third-order valence-electron chi connectivity index (χ3n) is 4.37. The van der Waals surface area contributed by atoms with Crippen LogP contribution in [0.5, 0.6) is 0 Å². The third kappa shape index (κ3) is 3.48. The van der Waals surface area contributed by atoms with Gasteiger partial charge in [-0.15, -0.1) is 0 Å². The molecule has 0 spiro atoms. The molecule has 2 aromatic carbocycles. The van der Waals surface area contributed by atoms with E-state index in [1.54, 1.807) is 38.1 Å². The molecule has 5 nitrogen and oxygen atoms in total. The monoisotopic (exact) mass is 379 g/mol. The van der Waals surface area contributed by atoms with E-state index < -0.39 is 27.6 Å². The number of primary sulfonamides is 1. The predicted molar refractivity (Wildman–Crippen MR) is 94.9 cm³/mol. The Bertz CT molecular complexity index is 905. The van der Waals surface area contributed by atoms with E-state index in [9.17, 15) is 13.2 Å². The molecule has 2 aromatic rings. The van der Waals surface area contributed by atoms with Crippen molar-refractivity contribution in [1.29, 1.82) is 0 Å². The molecule has 3 rings (SSSR count). The summed E-state index contributed by atoms with van der Waals surface area (Å²) in [4.78, 5) is 12.9. The smallest absolute Gasteiger partial charge is 0.238 e. The zero-order chi connectivity index (χ0) is 18.4. The molecule has 132 valence electrons. The zero-order valence-corrected chi connectivity index (χ0v) is 15.3. The number of Topliss-reactive ketones (excluding diaryl/α,β-unsaturated/α-hetero) is 1. The molecule has 1 aliphatic heterocycles. The van der Waals surface area contributed by atoms with Crippen molar-refractivity contribution >= 4 is 27.4 Å². The average Bonchev–Trinajstić information content (AvgIpc) is 2.78. The summed E-state index contributed by atoms with van der Waals surface area (Å²) in [6.07, 6.45) is -0.472. The molecule has 2 N–H and O–H groups in total. The molecular weight excluding hydrogens is 362 g/mol. The van der Waals surface area contributed by atoms with Crippen molar-refractivity contribution in [2.45, 2.75) is 36.4 Å². The van der Waals surface area contributed by atoms with E-state index in [1.807, 2.05) is 12.1 Å². The molecule has 1 heterocycles. The van der Waals surface area contributed by atoms with Crippen LogP contribution in [-0.2, 0) is 19.6 Å². The number of sulfonamides is 1. The standard InChI is InChI=1S/C18H18ClNO4S/c1-18(2)17(21)15(11-5-9-14(10-6-11)25(20,22)23)16(24-18)12-3-7-13(19)8-4-12/h3-10,15-16H,1-2H3,(H2,20,22,23). The Hall–Kier alpha value is -1.73. The zero-order valence-electron chi connectivity index (χ0n) is 13.8. The van der Waals surface area contributed by atoms with Gasteiger partial charge in [0.1, 0.15) is 5.60 Å². The first kappa shape index (κ1) is 18.1. The highest BCUT2D eigenvalue weighted by Crippen LogP contribution is 2.46. The van der Waals surface area contributed by atoms with Gasteiger partial charge in [-0.2, -0.15) is 0 Å². The number of hydrogen-bond acceptors (Lipinski definition) is 4. The second-order valence-electron chi connectivity index (χ2n) is 6.56. The van der Waals surface area contributed by atoms with Crippen LogP contribution in [-0.4, -0.2) is 19.8 Å². The number of nitrogens with two attached hydrogens (primary N) is 1. The second-order valence-corrected chi connectivity index (χ2v) is 8.55. The molecule has 1 saturated heterocycles. The summed E-state index contributed by atoms with van der Waals surface area (Å²) >= 11 is 5.94. The van der Waals surface area contributed by atoms with Gasteiger partial charge in [0.15, 0.2) is 5.78 Å². The first-order valence-electron chi connectivity index (χ1n) is 7.70. The van der Waals surface area contributed by atoms with Gasteiger partial charge >= 0.3 is 0 Å². The minimum atomic E-state index is -3.78. The van der Waals surface area contributed by atoms with Gasteiger partial charge in [-0.1, -0.05) is 35.9 Å². The number of benzene rings is 2. The first-order chi connectivity index (χ1) is 11.6. The van der Waals surface area contributed by atoms with Gasteiger partial charge in [-0.05, 0) is 49.2 Å². The molecule has 25 heavy (non-hydrogen) atoms. The van der Waals surface area contributed by atoms with Crippen molar-refractivity contribution < 1.29 is 17.9 Å². The van der Waals surface area contributed by atoms with Crippen molar-refractivity contribution in [3.63, 3.8) is 0 Å². The fourth-order valence-electron chi connectivity index (χ4n) is 3.06. The van der Waals surface area contributed by atoms with Gasteiger partial charge in [-0.25, -0.2) is 13.6 Å². The van der Waals surface area contributed by atoms with Gasteiger partial charge in [0.25, 0.3) is 0 Å². The Labute approximate surface area is 151 Å². The Kier molecular flexibility index (Phi) is 4.49. The molecular formula is C18H18ClNO4S. The van der Waals surface area contributed by atoms with Crippen LogP contribution in [0.2, 0.25) is 5.02 Å². The summed E-state index contributed by atoms with van der Waals surface area (Å²) in [6.45, 7) is 3.47. The number of carbonyl (C=O) groups is 1. The summed E-state index contributed by atoms with van der Waals surface area (Å²) < 4.78 is 28.9. The van der Waals surface area contributed by atoms with Crippen molar-refractivity contribution in [1.82, 2.24) is 0 Å². The van der Waals surface area contributed by atoms with Crippen molar-refractivity contribution in [3.05, 3.63) is 64.7 Å². The summed E-state index contributed by atoms with van der Waals surface area (Å²) in [5.74, 6) is -0.596. The SMILES string of the molecule is CC1(C)OC(c2ccc(Cl)cc2)C(c2ccc(S(N)(=O)=O)cc2)C1=O. The van der Waals surface area contributed by atoms with E-state index in [4.69, 9.17) is 21.5 Å². The van der Waals surface area contributed by atoms with Crippen LogP contribution < -0.4 is 5.14 Å². The Morgan fingerprint density at radius 2 is 1.52 bits per heavy atom. The third-order valence-corrected chi connectivity index (χ3v) is 5.55. The number of halogens is 1. The van der Waals surface area contributed by atoms with E-state index >= 15 is 0 Å². The van der Waals surface area contributed by atoms with Gasteiger partial charge < -0.3 is 4.74 Å². The summed E-state index contributed by atoms with van der Waals surface area (Å²) in [5, 5.41) is 5.73. The first-order valence-corrected chi connectivity index (χ1v) is 9.62. The number of ether oxygens (including phenoxy) is 1. The maximum atomic E-state index is 12.9. The highest BCUT2D eigenvalue weighted by molar-refractivity contribution is 7.89. The molecule has 2 atom stereocenters. The van der Waals surface area contributed by atoms with E-state index in [0.29, 0.717) is 10.6 Å². The number of ketones is 1. The summed E-state index contributed by atoms with van der Waals surface area (Å²) in [6, 6.07) is 13.2. The van der Waals surface area contributed by atoms with E-state index in [0.717, 1.165) is 5.56 Å². The summed E-state index contributed by atoms with van der Waals surface area (Å²) in [7, 11) is -3.78. The number of carbonyl (C=O) groups excluding carboxylic acids is 1. The predicted octanol–water partition coefficient (Wildman–Crippen LogP) is 3.19. The number of rotatable bonds is 3. The van der Waals surface area contributed by atoms with Crippen LogP contribution in [0.4, 0.5) is 0 Å². The molecule has 2 unspecified atom stereocenters. The van der Waals surface area contributed by atoms with Gasteiger partial charge in [0.05, 0.1) is 16.9 Å². The highest BCUT2D eigenvalue weighted by atomic mass is 35.5. The molecule has 7 heteroatoms. The lowest BCUT2D eigenvalue weighted by Crippen LogP contribution is -2.29. The molecule has 0 aliphatic carbocycles. The quantitative estimate of drug-likeness (QED) is 0.887. The number of hydrogen-bond donors (Lipinski definition) is 1. The van der Waals surface area contributed by atoms with Crippen LogP contribution in [0.25, 0.3) is 0 Å². The lowest BCUT2D eigenvalue weighted by Gasteiger charge is -2.19. The lowest BCUT2D eigenvalue weighted by molar-refractivity contribution is -0.130. The Balaban J connectivity index is 2.04. The minimum Gasteiger partial charge on any atom is -0.359 e. The molecule has 0 aromatic heterocycles. The second kappa shape index (κ2) is 6.21. The van der Waals surface area contributed by atoms with Crippen LogP contribution in [0.15, 0.2) is 53.4 Å². The van der Waals surface area contributed by atoms with Crippen LogP contribution in [0, 0.1) is 0 Å². The van der Waals surface area contributed by atoms with Crippen molar-refractivity contribution in [3.8, 4) is 0 Å². The fourth-order valence-corrected chi connectivity index (χ4v) is 3.70. The molecule has 0 amide bonds.